The Kier molecular flexibility index (Phi) is 30.7. The predicted octanol–water partition coefficient (Wildman–Crippen LogP) is 13.5. The molecule has 2 unspecified atom stereocenters. The number of hydrogen-bond acceptors (Lipinski definition) is 9. The van der Waals surface area contributed by atoms with E-state index < -0.39 is 0 Å². The molecule has 1 heterocycles. The highest BCUT2D eigenvalue weighted by Gasteiger charge is 2.32. The lowest BCUT2D eigenvalue weighted by atomic mass is 9.86. The minimum absolute atomic E-state index is 0.00394. The van der Waals surface area contributed by atoms with Gasteiger partial charge in [0.1, 0.15) is 18.3 Å². The summed E-state index contributed by atoms with van der Waals surface area (Å²) in [6.07, 6.45) is 36.6. The Bertz CT molecular complexity index is 994. The molecule has 0 bridgehead atoms. The van der Waals surface area contributed by atoms with Crippen molar-refractivity contribution in [3.8, 4) is 0 Å². The van der Waals surface area contributed by atoms with E-state index in [0.29, 0.717) is 24.7 Å². The van der Waals surface area contributed by atoms with Gasteiger partial charge in [0.05, 0.1) is 5.92 Å². The number of thioether (sulfide) groups is 2. The maximum Gasteiger partial charge on any atom is 0.311 e. The van der Waals surface area contributed by atoms with Crippen molar-refractivity contribution in [1.29, 1.82) is 0 Å². The quantitative estimate of drug-likeness (QED) is 0.0347. The van der Waals surface area contributed by atoms with Crippen molar-refractivity contribution in [3.63, 3.8) is 0 Å². The summed E-state index contributed by atoms with van der Waals surface area (Å²) in [6, 6.07) is 0. The van der Waals surface area contributed by atoms with Gasteiger partial charge in [0.25, 0.3) is 0 Å². The van der Waals surface area contributed by atoms with Gasteiger partial charge in [0.15, 0.2) is 0 Å². The van der Waals surface area contributed by atoms with Crippen LogP contribution in [0.3, 0.4) is 0 Å². The van der Waals surface area contributed by atoms with Gasteiger partial charge in [-0.3, -0.25) is 14.4 Å². The van der Waals surface area contributed by atoms with Gasteiger partial charge in [-0.05, 0) is 107 Å². The molecule has 3 rings (SSSR count). The highest BCUT2D eigenvalue weighted by atomic mass is 32.2. The molecule has 0 amide bonds. The fourth-order valence-corrected chi connectivity index (χ4v) is 11.5. The SMILES string of the molecule is CCCCCCC(CSCCCCCC(CCCCCSCC(CCCCCC)OC(=O)CCC1CCCCC1)OC(=O)C1CN(C)C1)OC(=O)CCC1CCCCC1. The van der Waals surface area contributed by atoms with Gasteiger partial charge in [0.2, 0.25) is 0 Å². The number of unbranched alkanes of at least 4 members (excludes halogenated alkanes) is 10. The zero-order valence-corrected chi connectivity index (χ0v) is 40.2. The van der Waals surface area contributed by atoms with Crippen LogP contribution in [0.15, 0.2) is 0 Å². The zero-order valence-electron chi connectivity index (χ0n) is 38.5. The Morgan fingerprint density at radius 1 is 0.525 bits per heavy atom. The number of ether oxygens (including phenoxy) is 3. The normalized spacial score (nSPS) is 18.6. The maximum absolute atomic E-state index is 12.9. The topological polar surface area (TPSA) is 82.1 Å². The summed E-state index contributed by atoms with van der Waals surface area (Å²) in [6.45, 7) is 6.11. The largest absolute Gasteiger partial charge is 0.462 e. The van der Waals surface area contributed by atoms with Crippen LogP contribution < -0.4 is 0 Å². The van der Waals surface area contributed by atoms with E-state index in [1.807, 2.05) is 23.5 Å². The number of nitrogens with zero attached hydrogens (tertiary/aromatic N) is 1. The molecular weight excluding hydrogens is 775 g/mol. The first-order valence-electron chi connectivity index (χ1n) is 25.3. The van der Waals surface area contributed by atoms with E-state index in [2.05, 4.69) is 25.8 Å². The molecule has 2 atom stereocenters. The predicted molar refractivity (Wildman–Crippen MR) is 251 cm³/mol. The number of hydrogen-bond donors (Lipinski definition) is 0. The van der Waals surface area contributed by atoms with Crippen molar-refractivity contribution in [2.24, 2.45) is 17.8 Å². The lowest BCUT2D eigenvalue weighted by Crippen LogP contribution is -2.49. The first-order chi connectivity index (χ1) is 28.9. The third kappa shape index (κ3) is 26.3. The number of carbonyl (C=O) groups is 3. The van der Waals surface area contributed by atoms with Crippen molar-refractivity contribution in [3.05, 3.63) is 0 Å². The van der Waals surface area contributed by atoms with Gasteiger partial charge >= 0.3 is 17.9 Å². The molecule has 9 heteroatoms. The van der Waals surface area contributed by atoms with Crippen LogP contribution in [-0.2, 0) is 28.6 Å². The Morgan fingerprint density at radius 2 is 0.932 bits per heavy atom. The third-order valence-corrected chi connectivity index (χ3v) is 15.6. The average Bonchev–Trinajstić information content (AvgIpc) is 3.23. The van der Waals surface area contributed by atoms with Crippen molar-refractivity contribution >= 4 is 41.4 Å². The Balaban J connectivity index is 1.32. The molecule has 0 radical (unpaired) electrons. The zero-order chi connectivity index (χ0) is 42.2. The summed E-state index contributed by atoms with van der Waals surface area (Å²) >= 11 is 3.89. The third-order valence-electron chi connectivity index (χ3n) is 13.2. The average molecular weight is 866 g/mol. The van der Waals surface area contributed by atoms with Crippen LogP contribution >= 0.6 is 23.5 Å². The van der Waals surface area contributed by atoms with Gasteiger partial charge in [-0.25, -0.2) is 0 Å². The van der Waals surface area contributed by atoms with Crippen molar-refractivity contribution < 1.29 is 28.6 Å². The van der Waals surface area contributed by atoms with Crippen LogP contribution in [0.5, 0.6) is 0 Å². The summed E-state index contributed by atoms with van der Waals surface area (Å²) in [5.74, 6) is 5.47. The summed E-state index contributed by atoms with van der Waals surface area (Å²) in [7, 11) is 2.06. The number of carbonyl (C=O) groups excluding carboxylic acids is 3. The minimum atomic E-state index is -0.00394. The number of likely N-dealkylation sites (tertiary alicyclic amines) is 1. The molecule has 0 spiro atoms. The Hall–Kier alpha value is -0.930. The molecule has 2 saturated carbocycles. The smallest absolute Gasteiger partial charge is 0.311 e. The summed E-state index contributed by atoms with van der Waals surface area (Å²) in [5, 5.41) is 0. The monoisotopic (exact) mass is 866 g/mol. The Morgan fingerprint density at radius 3 is 1.34 bits per heavy atom. The van der Waals surface area contributed by atoms with Gasteiger partial charge in [-0.2, -0.15) is 23.5 Å². The molecule has 0 aromatic rings. The van der Waals surface area contributed by atoms with Crippen LogP contribution in [0.25, 0.3) is 0 Å². The fraction of sp³-hybridized carbons (Fsp3) is 0.940. The van der Waals surface area contributed by atoms with Crippen LogP contribution in [0, 0.1) is 17.8 Å². The van der Waals surface area contributed by atoms with E-state index in [4.69, 9.17) is 14.2 Å². The van der Waals surface area contributed by atoms with Crippen LogP contribution in [-0.4, -0.2) is 84.3 Å². The van der Waals surface area contributed by atoms with E-state index in [-0.39, 0.29) is 42.1 Å². The second kappa shape index (κ2) is 34.5. The van der Waals surface area contributed by atoms with Gasteiger partial charge in [0, 0.05) is 37.4 Å². The molecule has 59 heavy (non-hydrogen) atoms. The summed E-state index contributed by atoms with van der Waals surface area (Å²) in [5.41, 5.74) is 0. The van der Waals surface area contributed by atoms with Crippen LogP contribution in [0.2, 0.25) is 0 Å². The van der Waals surface area contributed by atoms with Gasteiger partial charge in [-0.15, -0.1) is 0 Å². The highest BCUT2D eigenvalue weighted by Crippen LogP contribution is 2.29. The molecule has 0 aromatic carbocycles. The molecule has 3 fully saturated rings. The standard InChI is InChI=1S/C50H91NO6S2/c1-4-6-8-18-30-46(55-48(52)34-32-42-24-14-10-15-25-42)40-58-36-22-12-20-28-45(57-50(54)44-38-51(3)39-44)29-21-13-23-37-59-41-47(31-19-9-7-5-2)56-49(53)35-33-43-26-16-11-17-27-43/h42-47H,4-41H2,1-3H3. The Labute approximate surface area is 371 Å². The van der Waals surface area contributed by atoms with Crippen molar-refractivity contribution in [2.75, 3.05) is 43.1 Å². The summed E-state index contributed by atoms with van der Waals surface area (Å²) in [4.78, 5) is 40.7. The molecule has 1 saturated heterocycles. The molecule has 1 aliphatic heterocycles. The fourth-order valence-electron chi connectivity index (χ4n) is 9.34. The lowest BCUT2D eigenvalue weighted by Gasteiger charge is -2.35. The minimum Gasteiger partial charge on any atom is -0.462 e. The molecule has 2 aliphatic carbocycles. The maximum atomic E-state index is 12.9. The first-order valence-corrected chi connectivity index (χ1v) is 27.6. The van der Waals surface area contributed by atoms with E-state index in [1.54, 1.807) is 0 Å². The van der Waals surface area contributed by atoms with E-state index in [0.717, 1.165) is 126 Å². The van der Waals surface area contributed by atoms with Gasteiger partial charge < -0.3 is 19.1 Å². The summed E-state index contributed by atoms with van der Waals surface area (Å²) < 4.78 is 18.3. The van der Waals surface area contributed by atoms with Crippen LogP contribution in [0.4, 0.5) is 0 Å². The number of rotatable bonds is 36. The lowest BCUT2D eigenvalue weighted by molar-refractivity contribution is -0.160. The van der Waals surface area contributed by atoms with E-state index >= 15 is 0 Å². The number of esters is 3. The molecule has 0 aromatic heterocycles. The first kappa shape index (κ1) is 52.4. The second-order valence-corrected chi connectivity index (χ2v) is 21.1. The van der Waals surface area contributed by atoms with E-state index in [1.165, 1.54) is 103 Å². The second-order valence-electron chi connectivity index (χ2n) is 18.8. The molecule has 0 N–H and O–H groups in total. The molecule has 7 nitrogen and oxygen atoms in total. The molecular formula is C50H91NO6S2. The molecule has 3 aliphatic rings. The highest BCUT2D eigenvalue weighted by molar-refractivity contribution is 7.99. The van der Waals surface area contributed by atoms with Crippen molar-refractivity contribution in [2.45, 2.75) is 238 Å². The van der Waals surface area contributed by atoms with E-state index in [9.17, 15) is 14.4 Å². The van der Waals surface area contributed by atoms with Crippen molar-refractivity contribution in [1.82, 2.24) is 4.90 Å². The van der Waals surface area contributed by atoms with Crippen LogP contribution in [0.1, 0.15) is 219 Å². The molecule has 344 valence electrons. The van der Waals surface area contributed by atoms with Gasteiger partial charge in [-0.1, -0.05) is 129 Å².